The van der Waals surface area contributed by atoms with Gasteiger partial charge in [0.15, 0.2) is 11.6 Å². The van der Waals surface area contributed by atoms with Crippen molar-refractivity contribution in [3.63, 3.8) is 0 Å². The summed E-state index contributed by atoms with van der Waals surface area (Å²) < 4.78 is 5.39. The van der Waals surface area contributed by atoms with Crippen LogP contribution in [0.3, 0.4) is 0 Å². The van der Waals surface area contributed by atoms with E-state index in [1.54, 1.807) is 12.3 Å². The maximum absolute atomic E-state index is 11.1. The molecule has 4 aromatic rings. The molecule has 0 bridgehead atoms. The number of thioether (sulfide) groups is 1. The Bertz CT molecular complexity index is 1010. The van der Waals surface area contributed by atoms with Crippen LogP contribution in [0.5, 0.6) is 0 Å². The lowest BCUT2D eigenvalue weighted by atomic mass is 10.2. The molecule has 0 saturated carbocycles. The Morgan fingerprint density at radius 1 is 1.13 bits per heavy atom. The minimum Gasteiger partial charge on any atom is -0.461 e. The molecule has 0 fully saturated rings. The van der Waals surface area contributed by atoms with Crippen molar-refractivity contribution in [2.45, 2.75) is 10.8 Å². The molecule has 0 amide bonds. The van der Waals surface area contributed by atoms with Gasteiger partial charge in [0.05, 0.1) is 17.5 Å². The van der Waals surface area contributed by atoms with E-state index in [1.807, 2.05) is 30.3 Å². The zero-order valence-electron chi connectivity index (χ0n) is 11.8. The van der Waals surface area contributed by atoms with Crippen LogP contribution in [0, 0.1) is 0 Å². The van der Waals surface area contributed by atoms with Crippen LogP contribution in [0.4, 0.5) is 0 Å². The number of furan rings is 1. The zero-order chi connectivity index (χ0) is 15.6. The van der Waals surface area contributed by atoms with Gasteiger partial charge in [-0.3, -0.25) is 4.98 Å². The van der Waals surface area contributed by atoms with Crippen molar-refractivity contribution in [1.29, 1.82) is 0 Å². The summed E-state index contributed by atoms with van der Waals surface area (Å²) in [6.45, 7) is 0. The van der Waals surface area contributed by atoms with Gasteiger partial charge in [0, 0.05) is 5.39 Å². The zero-order valence-corrected chi connectivity index (χ0v) is 12.6. The topological polar surface area (TPSA) is 100 Å². The van der Waals surface area contributed by atoms with Crippen molar-refractivity contribution in [1.82, 2.24) is 25.1 Å². The molecule has 114 valence electrons. The lowest BCUT2D eigenvalue weighted by Crippen LogP contribution is -2.01. The Morgan fingerprint density at radius 3 is 2.83 bits per heavy atom. The van der Waals surface area contributed by atoms with Crippen molar-refractivity contribution >= 4 is 22.7 Å². The predicted molar refractivity (Wildman–Crippen MR) is 86.0 cm³/mol. The Kier molecular flexibility index (Phi) is 3.43. The number of nitrogens with one attached hydrogen (secondary N) is 2. The highest BCUT2D eigenvalue weighted by molar-refractivity contribution is 7.98. The first kappa shape index (κ1) is 13.8. The minimum atomic E-state index is -0.315. The van der Waals surface area contributed by atoms with E-state index in [4.69, 9.17) is 4.42 Å². The van der Waals surface area contributed by atoms with Gasteiger partial charge in [0.25, 0.3) is 0 Å². The van der Waals surface area contributed by atoms with Crippen LogP contribution in [-0.4, -0.2) is 25.1 Å². The molecule has 0 saturated heterocycles. The molecule has 7 nitrogen and oxygen atoms in total. The van der Waals surface area contributed by atoms with Crippen LogP contribution in [0.2, 0.25) is 0 Å². The van der Waals surface area contributed by atoms with E-state index in [1.165, 1.54) is 11.8 Å². The molecular formula is C15H11N5O2S. The number of benzene rings is 1. The average Bonchev–Trinajstić information content (AvgIpc) is 3.24. The van der Waals surface area contributed by atoms with Crippen LogP contribution < -0.4 is 5.69 Å². The lowest BCUT2D eigenvalue weighted by molar-refractivity contribution is 0.577. The van der Waals surface area contributed by atoms with Crippen LogP contribution in [-0.2, 0) is 5.75 Å². The minimum absolute atomic E-state index is 0.315. The molecule has 0 atom stereocenters. The van der Waals surface area contributed by atoms with Gasteiger partial charge in [0.2, 0.25) is 0 Å². The summed E-state index contributed by atoms with van der Waals surface area (Å²) >= 11 is 1.48. The van der Waals surface area contributed by atoms with Crippen molar-refractivity contribution in [3.8, 4) is 11.6 Å². The third-order valence-electron chi connectivity index (χ3n) is 3.21. The van der Waals surface area contributed by atoms with Crippen LogP contribution in [0.1, 0.15) is 5.82 Å². The Balaban J connectivity index is 1.75. The molecule has 2 N–H and O–H groups in total. The Hall–Kier alpha value is -2.87. The molecular weight excluding hydrogens is 314 g/mol. The number of hydrogen-bond acceptors (Lipinski definition) is 6. The van der Waals surface area contributed by atoms with E-state index in [0.29, 0.717) is 23.2 Å². The molecule has 3 heterocycles. The summed E-state index contributed by atoms with van der Waals surface area (Å²) in [4.78, 5) is 22.9. The molecule has 0 aliphatic rings. The van der Waals surface area contributed by atoms with Gasteiger partial charge >= 0.3 is 5.69 Å². The van der Waals surface area contributed by atoms with E-state index >= 15 is 0 Å². The van der Waals surface area contributed by atoms with E-state index in [-0.39, 0.29) is 5.69 Å². The highest BCUT2D eigenvalue weighted by Crippen LogP contribution is 2.29. The second-order valence-corrected chi connectivity index (χ2v) is 5.72. The smallest absolute Gasteiger partial charge is 0.340 e. The lowest BCUT2D eigenvalue weighted by Gasteiger charge is -2.06. The first-order chi connectivity index (χ1) is 11.3. The van der Waals surface area contributed by atoms with E-state index < -0.39 is 0 Å². The van der Waals surface area contributed by atoms with Crippen molar-refractivity contribution in [2.75, 3.05) is 0 Å². The molecule has 1 aromatic carbocycles. The number of nitrogens with zero attached hydrogens (tertiary/aromatic N) is 3. The fourth-order valence-electron chi connectivity index (χ4n) is 2.18. The molecule has 3 aromatic heterocycles. The van der Waals surface area contributed by atoms with Crippen LogP contribution in [0.25, 0.3) is 22.5 Å². The SMILES string of the molecule is O=c1[nH]nc(CSc2nc(-c3ccco3)nc3ccccc23)[nH]1. The van der Waals surface area contributed by atoms with Gasteiger partial charge in [-0.2, -0.15) is 5.10 Å². The summed E-state index contributed by atoms with van der Waals surface area (Å²) in [5, 5.41) is 8.02. The van der Waals surface area contributed by atoms with Crippen LogP contribution in [0.15, 0.2) is 56.9 Å². The van der Waals surface area contributed by atoms with Crippen molar-refractivity contribution in [3.05, 3.63) is 59.0 Å². The van der Waals surface area contributed by atoms with Gasteiger partial charge < -0.3 is 4.42 Å². The molecule has 4 rings (SSSR count). The van der Waals surface area contributed by atoms with Crippen LogP contribution >= 0.6 is 11.8 Å². The van der Waals surface area contributed by atoms with E-state index in [9.17, 15) is 4.79 Å². The number of hydrogen-bond donors (Lipinski definition) is 2. The van der Waals surface area contributed by atoms with Gasteiger partial charge in [-0.1, -0.05) is 30.0 Å². The molecule has 8 heteroatoms. The Morgan fingerprint density at radius 2 is 2.04 bits per heavy atom. The molecule has 0 spiro atoms. The Labute approximate surface area is 134 Å². The third kappa shape index (κ3) is 2.76. The largest absolute Gasteiger partial charge is 0.461 e. The van der Waals surface area contributed by atoms with E-state index in [0.717, 1.165) is 15.9 Å². The first-order valence-electron chi connectivity index (χ1n) is 6.86. The van der Waals surface area contributed by atoms with Gasteiger partial charge in [-0.05, 0) is 18.2 Å². The first-order valence-corrected chi connectivity index (χ1v) is 7.85. The maximum Gasteiger partial charge on any atom is 0.340 e. The molecule has 0 radical (unpaired) electrons. The predicted octanol–water partition coefficient (Wildman–Crippen LogP) is 2.59. The summed E-state index contributed by atoms with van der Waals surface area (Å²) in [7, 11) is 0. The van der Waals surface area contributed by atoms with Gasteiger partial charge in [-0.15, -0.1) is 0 Å². The summed E-state index contributed by atoms with van der Waals surface area (Å²) in [6, 6.07) is 11.4. The summed E-state index contributed by atoms with van der Waals surface area (Å²) in [6.07, 6.45) is 1.59. The fourth-order valence-corrected chi connectivity index (χ4v) is 3.07. The molecule has 0 unspecified atom stereocenters. The number of rotatable bonds is 4. The second-order valence-electron chi connectivity index (χ2n) is 4.76. The van der Waals surface area contributed by atoms with Gasteiger partial charge in [-0.25, -0.2) is 19.9 Å². The average molecular weight is 325 g/mol. The normalized spacial score (nSPS) is 11.1. The number of aromatic nitrogens is 5. The number of para-hydroxylation sites is 1. The van der Waals surface area contributed by atoms with E-state index in [2.05, 4.69) is 25.1 Å². The number of H-pyrrole nitrogens is 2. The second kappa shape index (κ2) is 5.73. The number of fused-ring (bicyclic) bond motifs is 1. The molecule has 0 aliphatic carbocycles. The maximum atomic E-state index is 11.1. The molecule has 23 heavy (non-hydrogen) atoms. The summed E-state index contributed by atoms with van der Waals surface area (Å²) in [5.41, 5.74) is 0.524. The van der Waals surface area contributed by atoms with Gasteiger partial charge in [0.1, 0.15) is 10.9 Å². The monoisotopic (exact) mass is 325 g/mol. The van der Waals surface area contributed by atoms with Crippen molar-refractivity contribution < 1.29 is 4.42 Å². The summed E-state index contributed by atoms with van der Waals surface area (Å²) in [5.74, 6) is 2.22. The quantitative estimate of drug-likeness (QED) is 0.442. The fraction of sp³-hybridized carbons (Fsp3) is 0.0667. The third-order valence-corrected chi connectivity index (χ3v) is 4.21. The number of aromatic amines is 2. The standard InChI is InChI=1S/C15H11N5O2S/c21-15-17-12(19-20-15)8-23-14-9-4-1-2-5-10(9)16-13(18-14)11-6-3-7-22-11/h1-7H,8H2,(H2,17,19,20,21). The molecule has 0 aliphatic heterocycles. The van der Waals surface area contributed by atoms with Crippen molar-refractivity contribution in [2.24, 2.45) is 0 Å². The highest BCUT2D eigenvalue weighted by Gasteiger charge is 2.12. The highest BCUT2D eigenvalue weighted by atomic mass is 32.2.